The first kappa shape index (κ1) is 15.3. The van der Waals surface area contributed by atoms with Gasteiger partial charge in [-0.25, -0.2) is 4.39 Å². The molecule has 0 bridgehead atoms. The van der Waals surface area contributed by atoms with Crippen LogP contribution in [0.1, 0.15) is 39.4 Å². The second kappa shape index (κ2) is 6.43. The molecule has 1 aromatic rings. The lowest BCUT2D eigenvalue weighted by Gasteiger charge is -2.17. The lowest BCUT2D eigenvalue weighted by molar-refractivity contribution is 0.198. The Morgan fingerprint density at radius 1 is 1.39 bits per heavy atom. The van der Waals surface area contributed by atoms with Crippen molar-refractivity contribution in [2.45, 2.75) is 38.5 Å². The zero-order valence-electron chi connectivity index (χ0n) is 11.4. The minimum Gasteiger partial charge on any atom is -0.490 e. The Morgan fingerprint density at radius 3 is 2.56 bits per heavy atom. The molecule has 1 rings (SSSR count). The Balaban J connectivity index is 2.48. The van der Waals surface area contributed by atoms with E-state index in [4.69, 9.17) is 4.74 Å². The summed E-state index contributed by atoms with van der Waals surface area (Å²) in [6, 6.07) is 4.57. The zero-order chi connectivity index (χ0) is 13.8. The van der Waals surface area contributed by atoms with E-state index >= 15 is 0 Å². The monoisotopic (exact) mass is 272 g/mol. The Bertz CT molecular complexity index is 386. The fraction of sp³-hybridized carbons (Fsp3) is 0.571. The van der Waals surface area contributed by atoms with E-state index in [-0.39, 0.29) is 10.5 Å². The van der Waals surface area contributed by atoms with Crippen molar-refractivity contribution < 1.29 is 14.2 Å². The largest absolute Gasteiger partial charge is 0.490 e. The average molecular weight is 272 g/mol. The van der Waals surface area contributed by atoms with E-state index in [9.17, 15) is 9.50 Å². The molecule has 0 fully saturated rings. The van der Waals surface area contributed by atoms with E-state index in [1.165, 1.54) is 6.07 Å². The van der Waals surface area contributed by atoms with Gasteiger partial charge < -0.3 is 9.84 Å². The summed E-state index contributed by atoms with van der Waals surface area (Å²) in [6.07, 6.45) is -0.662. The molecule has 0 aliphatic rings. The van der Waals surface area contributed by atoms with Gasteiger partial charge in [0.2, 0.25) is 0 Å². The molecule has 0 saturated carbocycles. The summed E-state index contributed by atoms with van der Waals surface area (Å²) >= 11 is 1.78. The molecule has 1 aromatic carbocycles. The molecule has 0 heterocycles. The van der Waals surface area contributed by atoms with E-state index in [1.54, 1.807) is 30.8 Å². The number of hydrogen-bond donors (Lipinski definition) is 1. The molecule has 0 saturated heterocycles. The molecule has 18 heavy (non-hydrogen) atoms. The van der Waals surface area contributed by atoms with Crippen molar-refractivity contribution >= 4 is 11.8 Å². The molecule has 0 aromatic heterocycles. The van der Waals surface area contributed by atoms with Gasteiger partial charge in [0, 0.05) is 10.5 Å². The first-order chi connectivity index (χ1) is 8.29. The van der Waals surface area contributed by atoms with Crippen LogP contribution in [-0.2, 0) is 0 Å². The summed E-state index contributed by atoms with van der Waals surface area (Å²) in [5.41, 5.74) is 0.559. The standard InChI is InChI=1S/C14H21FO2S/c1-10(16)11-5-6-13(12(15)9-11)17-7-8-18-14(2,3)4/h5-6,9-10,16H,7-8H2,1-4H3/t10-/m0/s1. The summed E-state index contributed by atoms with van der Waals surface area (Å²) in [5.74, 6) is 0.643. The fourth-order valence-electron chi connectivity index (χ4n) is 1.39. The van der Waals surface area contributed by atoms with Crippen molar-refractivity contribution in [3.63, 3.8) is 0 Å². The highest BCUT2D eigenvalue weighted by Gasteiger charge is 2.11. The second-order valence-corrected chi connectivity index (χ2v) is 7.10. The number of rotatable bonds is 5. The molecular weight excluding hydrogens is 251 g/mol. The predicted molar refractivity (Wildman–Crippen MR) is 74.7 cm³/mol. The van der Waals surface area contributed by atoms with Crippen molar-refractivity contribution in [1.29, 1.82) is 0 Å². The minimum atomic E-state index is -0.662. The molecule has 2 nitrogen and oxygen atoms in total. The average Bonchev–Trinajstić information content (AvgIpc) is 2.24. The van der Waals surface area contributed by atoms with Crippen LogP contribution >= 0.6 is 11.8 Å². The molecule has 0 aliphatic carbocycles. The maximum atomic E-state index is 13.6. The number of aliphatic hydroxyl groups excluding tert-OH is 1. The van der Waals surface area contributed by atoms with Gasteiger partial charge in [0.05, 0.1) is 12.7 Å². The van der Waals surface area contributed by atoms with E-state index < -0.39 is 11.9 Å². The van der Waals surface area contributed by atoms with Crippen LogP contribution in [0.4, 0.5) is 4.39 Å². The topological polar surface area (TPSA) is 29.5 Å². The highest BCUT2D eigenvalue weighted by Crippen LogP contribution is 2.24. The quantitative estimate of drug-likeness (QED) is 0.827. The number of benzene rings is 1. The third-order valence-corrected chi connectivity index (χ3v) is 3.55. The van der Waals surface area contributed by atoms with Crippen molar-refractivity contribution in [1.82, 2.24) is 0 Å². The minimum absolute atomic E-state index is 0.193. The molecule has 1 N–H and O–H groups in total. The van der Waals surface area contributed by atoms with Gasteiger partial charge in [-0.1, -0.05) is 26.8 Å². The van der Waals surface area contributed by atoms with Gasteiger partial charge in [-0.05, 0) is 24.6 Å². The zero-order valence-corrected chi connectivity index (χ0v) is 12.2. The van der Waals surface area contributed by atoms with Crippen LogP contribution in [0.5, 0.6) is 5.75 Å². The summed E-state index contributed by atoms with van der Waals surface area (Å²) < 4.78 is 19.2. The van der Waals surface area contributed by atoms with Gasteiger partial charge in [-0.15, -0.1) is 0 Å². The molecule has 0 radical (unpaired) electrons. The first-order valence-electron chi connectivity index (χ1n) is 6.04. The predicted octanol–water partition coefficient (Wildman–Crippen LogP) is 3.79. The normalized spacial score (nSPS) is 13.4. The van der Waals surface area contributed by atoms with E-state index in [0.29, 0.717) is 12.2 Å². The van der Waals surface area contributed by atoms with E-state index in [0.717, 1.165) is 5.75 Å². The first-order valence-corrected chi connectivity index (χ1v) is 7.02. The summed E-state index contributed by atoms with van der Waals surface area (Å²) in [5, 5.41) is 9.33. The summed E-state index contributed by atoms with van der Waals surface area (Å²) in [4.78, 5) is 0. The third kappa shape index (κ3) is 5.27. The maximum Gasteiger partial charge on any atom is 0.165 e. The van der Waals surface area contributed by atoms with Crippen LogP contribution in [0.15, 0.2) is 18.2 Å². The highest BCUT2D eigenvalue weighted by atomic mass is 32.2. The Morgan fingerprint density at radius 2 is 2.06 bits per heavy atom. The summed E-state index contributed by atoms with van der Waals surface area (Å²) in [6.45, 7) is 8.49. The Kier molecular flexibility index (Phi) is 5.47. The van der Waals surface area contributed by atoms with Crippen LogP contribution in [0.3, 0.4) is 0 Å². The fourth-order valence-corrected chi connectivity index (χ4v) is 2.17. The van der Waals surface area contributed by atoms with E-state index in [1.807, 2.05) is 0 Å². The molecule has 0 amide bonds. The van der Waals surface area contributed by atoms with Crippen molar-refractivity contribution in [2.24, 2.45) is 0 Å². The number of aliphatic hydroxyl groups is 1. The molecule has 0 spiro atoms. The van der Waals surface area contributed by atoms with Crippen molar-refractivity contribution in [3.8, 4) is 5.75 Å². The smallest absolute Gasteiger partial charge is 0.165 e. The maximum absolute atomic E-state index is 13.6. The van der Waals surface area contributed by atoms with Crippen LogP contribution in [0.25, 0.3) is 0 Å². The van der Waals surface area contributed by atoms with Gasteiger partial charge in [0.15, 0.2) is 11.6 Å². The number of halogens is 1. The number of ether oxygens (including phenoxy) is 1. The van der Waals surface area contributed by atoms with Gasteiger partial charge in [0.25, 0.3) is 0 Å². The summed E-state index contributed by atoms with van der Waals surface area (Å²) in [7, 11) is 0. The molecule has 102 valence electrons. The third-order valence-electron chi connectivity index (χ3n) is 2.31. The van der Waals surface area contributed by atoms with Crippen LogP contribution in [0.2, 0.25) is 0 Å². The Hall–Kier alpha value is -0.740. The highest BCUT2D eigenvalue weighted by molar-refractivity contribution is 8.00. The van der Waals surface area contributed by atoms with Gasteiger partial charge in [-0.2, -0.15) is 11.8 Å². The molecule has 1 atom stereocenters. The molecule has 0 unspecified atom stereocenters. The van der Waals surface area contributed by atoms with Gasteiger partial charge >= 0.3 is 0 Å². The molecule has 0 aliphatic heterocycles. The lowest BCUT2D eigenvalue weighted by atomic mass is 10.1. The van der Waals surface area contributed by atoms with E-state index in [2.05, 4.69) is 20.8 Å². The van der Waals surface area contributed by atoms with Crippen LogP contribution < -0.4 is 4.74 Å². The van der Waals surface area contributed by atoms with Crippen molar-refractivity contribution in [3.05, 3.63) is 29.6 Å². The Labute approximate surface area is 113 Å². The van der Waals surface area contributed by atoms with Gasteiger partial charge in [0.1, 0.15) is 0 Å². The number of hydrogen-bond acceptors (Lipinski definition) is 3. The molecular formula is C14H21FO2S. The van der Waals surface area contributed by atoms with Crippen LogP contribution in [0, 0.1) is 5.82 Å². The molecule has 4 heteroatoms. The van der Waals surface area contributed by atoms with Gasteiger partial charge in [-0.3, -0.25) is 0 Å². The SMILES string of the molecule is C[C@H](O)c1ccc(OCCSC(C)(C)C)c(F)c1. The van der Waals surface area contributed by atoms with Crippen molar-refractivity contribution in [2.75, 3.05) is 12.4 Å². The lowest BCUT2D eigenvalue weighted by Crippen LogP contribution is -2.12. The number of thioether (sulfide) groups is 1. The second-order valence-electron chi connectivity index (χ2n) is 5.18. The van der Waals surface area contributed by atoms with Crippen LogP contribution in [-0.4, -0.2) is 22.2 Å².